The van der Waals surface area contributed by atoms with Crippen molar-refractivity contribution in [2.45, 2.75) is 66.2 Å². The summed E-state index contributed by atoms with van der Waals surface area (Å²) in [6, 6.07) is 0. The van der Waals surface area contributed by atoms with Gasteiger partial charge in [-0.15, -0.1) is 0 Å². The molecule has 0 heterocycles. The molecule has 1 unspecified atom stereocenters. The Balaban J connectivity index is 2.11. The molecule has 0 saturated heterocycles. The molecule has 1 aliphatic carbocycles. The van der Waals surface area contributed by atoms with E-state index in [4.69, 9.17) is 0 Å². The summed E-state index contributed by atoms with van der Waals surface area (Å²) < 4.78 is 0. The number of hydrogen-bond acceptors (Lipinski definition) is 0. The number of hydrogen-bond donors (Lipinski definition) is 0. The zero-order valence-corrected chi connectivity index (χ0v) is 9.90. The number of rotatable bonds is 6. The third kappa shape index (κ3) is 3.70. The molecule has 0 spiro atoms. The first-order valence-corrected chi connectivity index (χ1v) is 6.08. The largest absolute Gasteiger partial charge is 0.0649 e. The molecule has 1 saturated carbocycles. The summed E-state index contributed by atoms with van der Waals surface area (Å²) in [5.74, 6) is 1.83. The van der Waals surface area contributed by atoms with Gasteiger partial charge in [0.1, 0.15) is 0 Å². The predicted molar refractivity (Wildman–Crippen MR) is 59.8 cm³/mol. The molecule has 1 atom stereocenters. The van der Waals surface area contributed by atoms with Gasteiger partial charge < -0.3 is 0 Å². The van der Waals surface area contributed by atoms with E-state index in [9.17, 15) is 0 Å². The molecule has 0 nitrogen and oxygen atoms in total. The molecule has 78 valence electrons. The maximum absolute atomic E-state index is 2.42. The average molecular weight is 182 g/mol. The maximum Gasteiger partial charge on any atom is -0.0300 e. The molecular formula is C13H26. The van der Waals surface area contributed by atoms with E-state index in [0.717, 1.165) is 17.3 Å². The summed E-state index contributed by atoms with van der Waals surface area (Å²) in [6.07, 6.45) is 8.82. The van der Waals surface area contributed by atoms with Gasteiger partial charge >= 0.3 is 0 Å². The summed E-state index contributed by atoms with van der Waals surface area (Å²) in [7, 11) is 0. The zero-order chi connectivity index (χ0) is 9.90. The van der Waals surface area contributed by atoms with Crippen molar-refractivity contribution < 1.29 is 0 Å². The Kier molecular flexibility index (Phi) is 3.82. The van der Waals surface area contributed by atoms with Crippen molar-refractivity contribution in [2.24, 2.45) is 17.3 Å². The van der Waals surface area contributed by atoms with E-state index in [0.29, 0.717) is 0 Å². The van der Waals surface area contributed by atoms with Crippen LogP contribution >= 0.6 is 0 Å². The summed E-state index contributed by atoms with van der Waals surface area (Å²) in [5.41, 5.74) is 0.811. The molecule has 13 heavy (non-hydrogen) atoms. The lowest BCUT2D eigenvalue weighted by molar-refractivity contribution is 0.344. The smallest absolute Gasteiger partial charge is 0.0300 e. The van der Waals surface area contributed by atoms with Crippen LogP contribution in [0, 0.1) is 17.3 Å². The topological polar surface area (TPSA) is 0 Å². The van der Waals surface area contributed by atoms with E-state index in [1.807, 2.05) is 0 Å². The summed E-state index contributed by atoms with van der Waals surface area (Å²) in [6.45, 7) is 9.46. The van der Waals surface area contributed by atoms with E-state index >= 15 is 0 Å². The fourth-order valence-corrected chi connectivity index (χ4v) is 2.43. The van der Waals surface area contributed by atoms with Gasteiger partial charge in [0, 0.05) is 0 Å². The van der Waals surface area contributed by atoms with Gasteiger partial charge in [-0.2, -0.15) is 0 Å². The molecule has 0 amide bonds. The first-order chi connectivity index (χ1) is 6.08. The first kappa shape index (κ1) is 11.1. The van der Waals surface area contributed by atoms with Crippen molar-refractivity contribution in [3.63, 3.8) is 0 Å². The Morgan fingerprint density at radius 3 is 2.15 bits per heavy atom. The van der Waals surface area contributed by atoms with Crippen LogP contribution in [0.3, 0.4) is 0 Å². The van der Waals surface area contributed by atoms with Gasteiger partial charge in [-0.05, 0) is 42.9 Å². The van der Waals surface area contributed by atoms with E-state index in [-0.39, 0.29) is 0 Å². The van der Waals surface area contributed by atoms with Crippen molar-refractivity contribution in [1.29, 1.82) is 0 Å². The Hall–Kier alpha value is 0. The molecule has 0 heteroatoms. The van der Waals surface area contributed by atoms with Crippen LogP contribution in [0.25, 0.3) is 0 Å². The van der Waals surface area contributed by atoms with Gasteiger partial charge in [0.2, 0.25) is 0 Å². The van der Waals surface area contributed by atoms with Crippen LogP contribution in [0.1, 0.15) is 66.2 Å². The lowest BCUT2D eigenvalue weighted by atomic mass is 9.88. The van der Waals surface area contributed by atoms with Gasteiger partial charge in [0.05, 0.1) is 0 Å². The van der Waals surface area contributed by atoms with Gasteiger partial charge in [-0.3, -0.25) is 0 Å². The average Bonchev–Trinajstić information content (AvgIpc) is 2.80. The Morgan fingerprint density at radius 2 is 1.77 bits per heavy atom. The third-order valence-corrected chi connectivity index (χ3v) is 3.75. The van der Waals surface area contributed by atoms with Crippen molar-refractivity contribution in [3.8, 4) is 0 Å². The zero-order valence-electron chi connectivity index (χ0n) is 9.90. The molecule has 1 rings (SSSR count). The molecule has 1 aliphatic rings. The second kappa shape index (κ2) is 4.48. The van der Waals surface area contributed by atoms with Crippen molar-refractivity contribution in [1.82, 2.24) is 0 Å². The molecule has 0 aliphatic heterocycles. The minimum Gasteiger partial charge on any atom is -0.0649 e. The van der Waals surface area contributed by atoms with Crippen molar-refractivity contribution in [2.75, 3.05) is 0 Å². The lowest BCUT2D eigenvalue weighted by Crippen LogP contribution is -2.05. The maximum atomic E-state index is 2.42. The van der Waals surface area contributed by atoms with Crippen LogP contribution in [-0.4, -0.2) is 0 Å². The molecule has 0 radical (unpaired) electrons. The van der Waals surface area contributed by atoms with Crippen LogP contribution in [0.15, 0.2) is 0 Å². The molecule has 0 aromatic rings. The molecule has 1 fully saturated rings. The van der Waals surface area contributed by atoms with Crippen LogP contribution in [-0.2, 0) is 0 Å². The highest BCUT2D eigenvalue weighted by Gasteiger charge is 2.39. The minimum absolute atomic E-state index is 0.811. The van der Waals surface area contributed by atoms with E-state index in [1.54, 1.807) is 0 Å². The molecular weight excluding hydrogens is 156 g/mol. The molecule has 0 aromatic carbocycles. The van der Waals surface area contributed by atoms with Crippen molar-refractivity contribution >= 4 is 0 Å². The normalized spacial score (nSPS) is 21.9. The van der Waals surface area contributed by atoms with Gasteiger partial charge in [0.25, 0.3) is 0 Å². The minimum atomic E-state index is 0.811. The van der Waals surface area contributed by atoms with E-state index in [2.05, 4.69) is 27.7 Å². The van der Waals surface area contributed by atoms with Crippen LogP contribution in [0.5, 0.6) is 0 Å². The Bertz CT molecular complexity index is 142. The standard InChI is InChI=1S/C13H26/c1-5-13(8-9-13)7-6-12(4)10-11(2)3/h11-12H,5-10H2,1-4H3. The monoisotopic (exact) mass is 182 g/mol. The first-order valence-electron chi connectivity index (χ1n) is 6.08. The highest BCUT2D eigenvalue weighted by Crippen LogP contribution is 2.52. The second-order valence-corrected chi connectivity index (χ2v) is 5.63. The van der Waals surface area contributed by atoms with Crippen LogP contribution in [0.4, 0.5) is 0 Å². The summed E-state index contributed by atoms with van der Waals surface area (Å²) in [4.78, 5) is 0. The summed E-state index contributed by atoms with van der Waals surface area (Å²) in [5, 5.41) is 0. The molecule has 0 N–H and O–H groups in total. The second-order valence-electron chi connectivity index (χ2n) is 5.63. The van der Waals surface area contributed by atoms with Crippen LogP contribution in [0.2, 0.25) is 0 Å². The fourth-order valence-electron chi connectivity index (χ4n) is 2.43. The molecule has 0 bridgehead atoms. The fraction of sp³-hybridized carbons (Fsp3) is 1.00. The lowest BCUT2D eigenvalue weighted by Gasteiger charge is -2.17. The summed E-state index contributed by atoms with van der Waals surface area (Å²) >= 11 is 0. The predicted octanol–water partition coefficient (Wildman–Crippen LogP) is 4.64. The Morgan fingerprint density at radius 1 is 1.15 bits per heavy atom. The van der Waals surface area contributed by atoms with Gasteiger partial charge in [-0.1, -0.05) is 40.5 Å². The SMILES string of the molecule is CCC1(CCC(C)CC(C)C)CC1. The highest BCUT2D eigenvalue weighted by molar-refractivity contribution is 4.91. The van der Waals surface area contributed by atoms with E-state index < -0.39 is 0 Å². The van der Waals surface area contributed by atoms with Gasteiger partial charge in [-0.25, -0.2) is 0 Å². The van der Waals surface area contributed by atoms with Crippen LogP contribution < -0.4 is 0 Å². The quantitative estimate of drug-likeness (QED) is 0.561. The van der Waals surface area contributed by atoms with Crippen molar-refractivity contribution in [3.05, 3.63) is 0 Å². The third-order valence-electron chi connectivity index (χ3n) is 3.75. The van der Waals surface area contributed by atoms with E-state index in [1.165, 1.54) is 38.5 Å². The van der Waals surface area contributed by atoms with Gasteiger partial charge in [0.15, 0.2) is 0 Å². The highest BCUT2D eigenvalue weighted by atomic mass is 14.4. The Labute approximate surface area is 84.1 Å². The molecule has 0 aromatic heterocycles.